The van der Waals surface area contributed by atoms with Crippen molar-refractivity contribution in [2.75, 3.05) is 13.2 Å². The molecule has 21 heavy (non-hydrogen) atoms. The summed E-state index contributed by atoms with van der Waals surface area (Å²) in [6, 6.07) is 7.38. The van der Waals surface area contributed by atoms with Gasteiger partial charge in [-0.3, -0.25) is 14.9 Å². The normalized spacial score (nSPS) is 30.0. The molecule has 0 spiro atoms. The summed E-state index contributed by atoms with van der Waals surface area (Å²) in [5, 5.41) is 3.02. The highest BCUT2D eigenvalue weighted by Crippen LogP contribution is 2.41. The third-order valence-electron chi connectivity index (χ3n) is 4.44. The average molecular weight is 308 g/mol. The first-order chi connectivity index (χ1) is 10.2. The molecule has 112 valence electrons. The monoisotopic (exact) mass is 307 g/mol. The molecule has 0 aliphatic carbocycles. The maximum absolute atomic E-state index is 12.4. The van der Waals surface area contributed by atoms with Crippen molar-refractivity contribution in [3.05, 3.63) is 34.9 Å². The fourth-order valence-electron chi connectivity index (χ4n) is 3.43. The van der Waals surface area contributed by atoms with Gasteiger partial charge in [0.25, 0.3) is 0 Å². The second kappa shape index (κ2) is 6.16. The van der Waals surface area contributed by atoms with Gasteiger partial charge in [-0.25, -0.2) is 0 Å². The second-order valence-corrected chi connectivity index (χ2v) is 6.16. The molecule has 5 heteroatoms. The summed E-state index contributed by atoms with van der Waals surface area (Å²) in [6.07, 6.45) is 2.33. The van der Waals surface area contributed by atoms with Gasteiger partial charge in [-0.15, -0.1) is 0 Å². The lowest BCUT2D eigenvalue weighted by Crippen LogP contribution is -2.47. The number of nitrogens with one attached hydrogen (secondary N) is 1. The average Bonchev–Trinajstić information content (AvgIpc) is 2.49. The number of amides is 2. The quantitative estimate of drug-likeness (QED) is 0.854. The number of carbonyl (C=O) groups excluding carboxylic acids is 2. The number of hydrogen-bond donors (Lipinski definition) is 1. The Morgan fingerprint density at radius 2 is 2.05 bits per heavy atom. The lowest BCUT2D eigenvalue weighted by Gasteiger charge is -2.37. The minimum absolute atomic E-state index is 0.0357. The van der Waals surface area contributed by atoms with E-state index >= 15 is 0 Å². The standard InChI is InChI=1S/C16H18ClNO3/c17-13-6-2-1-5-11(13)15-12(8-14(19)18-16(15)20)10-4-3-7-21-9-10/h1-2,5-6,10,12,15H,3-4,7-9H2,(H,18,19,20). The number of carbonyl (C=O) groups is 2. The third-order valence-corrected chi connectivity index (χ3v) is 4.78. The molecular weight excluding hydrogens is 290 g/mol. The molecule has 2 saturated heterocycles. The van der Waals surface area contributed by atoms with Crippen LogP contribution in [0.25, 0.3) is 0 Å². The number of piperidine rings is 1. The molecule has 1 aromatic carbocycles. The molecule has 1 N–H and O–H groups in total. The smallest absolute Gasteiger partial charge is 0.234 e. The van der Waals surface area contributed by atoms with Crippen LogP contribution in [0.4, 0.5) is 0 Å². The predicted molar refractivity (Wildman–Crippen MR) is 79.0 cm³/mol. The molecule has 0 aromatic heterocycles. The summed E-state index contributed by atoms with van der Waals surface area (Å²) in [6.45, 7) is 1.38. The molecule has 3 atom stereocenters. The van der Waals surface area contributed by atoms with Crippen LogP contribution < -0.4 is 5.32 Å². The zero-order chi connectivity index (χ0) is 14.8. The topological polar surface area (TPSA) is 55.4 Å². The summed E-state index contributed by atoms with van der Waals surface area (Å²) >= 11 is 6.27. The molecule has 0 bridgehead atoms. The van der Waals surface area contributed by atoms with Crippen LogP contribution in [0.2, 0.25) is 5.02 Å². The molecule has 3 rings (SSSR count). The molecule has 0 radical (unpaired) electrons. The fourth-order valence-corrected chi connectivity index (χ4v) is 3.69. The molecule has 1 aromatic rings. The summed E-state index contributed by atoms with van der Waals surface area (Å²) in [5.41, 5.74) is 0.805. The van der Waals surface area contributed by atoms with Gasteiger partial charge >= 0.3 is 0 Å². The minimum Gasteiger partial charge on any atom is -0.381 e. The summed E-state index contributed by atoms with van der Waals surface area (Å²) < 4.78 is 5.54. The van der Waals surface area contributed by atoms with Crippen molar-refractivity contribution in [1.29, 1.82) is 0 Å². The van der Waals surface area contributed by atoms with Gasteiger partial charge in [0.1, 0.15) is 0 Å². The fraction of sp³-hybridized carbons (Fsp3) is 0.500. The van der Waals surface area contributed by atoms with Gasteiger partial charge in [0, 0.05) is 24.7 Å². The molecule has 2 aliphatic rings. The van der Waals surface area contributed by atoms with Crippen LogP contribution in [0.3, 0.4) is 0 Å². The Balaban J connectivity index is 1.94. The Labute approximate surface area is 128 Å². The Morgan fingerprint density at radius 3 is 2.76 bits per heavy atom. The molecule has 2 heterocycles. The highest BCUT2D eigenvalue weighted by atomic mass is 35.5. The molecule has 0 saturated carbocycles. The minimum atomic E-state index is -0.372. The van der Waals surface area contributed by atoms with Crippen LogP contribution in [0.5, 0.6) is 0 Å². The first-order valence-corrected chi connectivity index (χ1v) is 7.70. The zero-order valence-electron chi connectivity index (χ0n) is 11.7. The number of halogens is 1. The summed E-state index contributed by atoms with van der Waals surface area (Å²) in [7, 11) is 0. The van der Waals surface area contributed by atoms with Crippen LogP contribution in [0.1, 0.15) is 30.7 Å². The SMILES string of the molecule is O=C1CC(C2CCCOC2)C(c2ccccc2Cl)C(=O)N1. The first-order valence-electron chi connectivity index (χ1n) is 7.32. The van der Waals surface area contributed by atoms with Crippen molar-refractivity contribution >= 4 is 23.4 Å². The Kier molecular flexibility index (Phi) is 4.27. The number of hydrogen-bond acceptors (Lipinski definition) is 3. The third kappa shape index (κ3) is 2.97. The van der Waals surface area contributed by atoms with E-state index < -0.39 is 0 Å². The van der Waals surface area contributed by atoms with Gasteiger partial charge in [0.15, 0.2) is 0 Å². The lowest BCUT2D eigenvalue weighted by atomic mass is 9.72. The molecular formula is C16H18ClNO3. The zero-order valence-corrected chi connectivity index (χ0v) is 12.4. The molecule has 3 unspecified atom stereocenters. The van der Waals surface area contributed by atoms with Gasteiger partial charge in [-0.2, -0.15) is 0 Å². The maximum Gasteiger partial charge on any atom is 0.234 e. The summed E-state index contributed by atoms with van der Waals surface area (Å²) in [5.74, 6) is -0.613. The predicted octanol–water partition coefficient (Wildman–Crippen LogP) is 2.51. The van der Waals surface area contributed by atoms with Crippen LogP contribution in [-0.4, -0.2) is 25.0 Å². The van der Waals surface area contributed by atoms with Crippen LogP contribution in [0.15, 0.2) is 24.3 Å². The molecule has 2 fully saturated rings. The van der Waals surface area contributed by atoms with E-state index in [4.69, 9.17) is 16.3 Å². The van der Waals surface area contributed by atoms with Gasteiger partial charge in [-0.1, -0.05) is 29.8 Å². The lowest BCUT2D eigenvalue weighted by molar-refractivity contribution is -0.138. The summed E-state index contributed by atoms with van der Waals surface area (Å²) in [4.78, 5) is 24.2. The van der Waals surface area contributed by atoms with E-state index in [0.717, 1.165) is 25.0 Å². The first kappa shape index (κ1) is 14.5. The Hall–Kier alpha value is -1.39. The van der Waals surface area contributed by atoms with Crippen LogP contribution in [0, 0.1) is 11.8 Å². The van der Waals surface area contributed by atoms with E-state index in [-0.39, 0.29) is 29.6 Å². The molecule has 4 nitrogen and oxygen atoms in total. The van der Waals surface area contributed by atoms with Crippen molar-refractivity contribution in [3.63, 3.8) is 0 Å². The number of benzene rings is 1. The number of rotatable bonds is 2. The van der Waals surface area contributed by atoms with Crippen molar-refractivity contribution < 1.29 is 14.3 Å². The van der Waals surface area contributed by atoms with E-state index in [1.807, 2.05) is 18.2 Å². The van der Waals surface area contributed by atoms with Crippen LogP contribution >= 0.6 is 11.6 Å². The Morgan fingerprint density at radius 1 is 1.24 bits per heavy atom. The van der Waals surface area contributed by atoms with Gasteiger partial charge in [0.05, 0.1) is 5.92 Å². The highest BCUT2D eigenvalue weighted by molar-refractivity contribution is 6.31. The van der Waals surface area contributed by atoms with E-state index in [1.54, 1.807) is 6.07 Å². The van der Waals surface area contributed by atoms with Crippen molar-refractivity contribution in [2.24, 2.45) is 11.8 Å². The molecule has 2 aliphatic heterocycles. The second-order valence-electron chi connectivity index (χ2n) is 5.76. The number of ether oxygens (including phenoxy) is 1. The Bertz CT molecular complexity index is 554. The largest absolute Gasteiger partial charge is 0.381 e. The van der Waals surface area contributed by atoms with E-state index in [9.17, 15) is 9.59 Å². The number of imide groups is 1. The van der Waals surface area contributed by atoms with Gasteiger partial charge in [0.2, 0.25) is 11.8 Å². The van der Waals surface area contributed by atoms with Gasteiger partial charge in [-0.05, 0) is 36.3 Å². The maximum atomic E-state index is 12.4. The van der Waals surface area contributed by atoms with E-state index in [0.29, 0.717) is 18.1 Å². The highest BCUT2D eigenvalue weighted by Gasteiger charge is 2.42. The van der Waals surface area contributed by atoms with Crippen LogP contribution in [-0.2, 0) is 14.3 Å². The van der Waals surface area contributed by atoms with Crippen molar-refractivity contribution in [2.45, 2.75) is 25.2 Å². The molecule has 2 amide bonds. The van der Waals surface area contributed by atoms with E-state index in [1.165, 1.54) is 0 Å². The van der Waals surface area contributed by atoms with Crippen molar-refractivity contribution in [3.8, 4) is 0 Å². The van der Waals surface area contributed by atoms with Crippen molar-refractivity contribution in [1.82, 2.24) is 5.32 Å². The van der Waals surface area contributed by atoms with E-state index in [2.05, 4.69) is 5.32 Å². The van der Waals surface area contributed by atoms with Gasteiger partial charge < -0.3 is 4.74 Å².